The van der Waals surface area contributed by atoms with Gasteiger partial charge in [0, 0.05) is 6.20 Å². The predicted octanol–water partition coefficient (Wildman–Crippen LogP) is 4.78. The zero-order chi connectivity index (χ0) is 18.7. The van der Waals surface area contributed by atoms with Crippen LogP contribution in [-0.2, 0) is 5.54 Å². The van der Waals surface area contributed by atoms with Crippen LogP contribution in [0.3, 0.4) is 0 Å². The first-order valence-corrected chi connectivity index (χ1v) is 9.12. The van der Waals surface area contributed by atoms with Gasteiger partial charge in [-0.3, -0.25) is 0 Å². The Morgan fingerprint density at radius 1 is 0.741 bits per heavy atom. The maximum absolute atomic E-state index is 10.0. The number of aromatic nitrogens is 2. The van der Waals surface area contributed by atoms with Gasteiger partial charge in [0.05, 0.1) is 18.1 Å². The van der Waals surface area contributed by atoms with E-state index in [1.165, 1.54) is 0 Å². The summed E-state index contributed by atoms with van der Waals surface area (Å²) in [4.78, 5) is 4.47. The van der Waals surface area contributed by atoms with Crippen LogP contribution in [-0.4, -0.2) is 14.7 Å². The van der Waals surface area contributed by atoms with Crippen molar-refractivity contribution >= 4 is 0 Å². The van der Waals surface area contributed by atoms with Crippen LogP contribution in [0, 0.1) is 0 Å². The Balaban J connectivity index is 2.09. The van der Waals surface area contributed by atoms with Crippen LogP contribution in [0.4, 0.5) is 0 Å². The second-order valence-corrected chi connectivity index (χ2v) is 6.69. The van der Waals surface area contributed by atoms with E-state index in [0.717, 1.165) is 16.7 Å². The summed E-state index contributed by atoms with van der Waals surface area (Å²) < 4.78 is 2.11. The molecule has 3 aromatic carbocycles. The molecule has 0 bridgehead atoms. The number of hydrogen-bond acceptors (Lipinski definition) is 2. The molecule has 0 radical (unpaired) electrons. The van der Waals surface area contributed by atoms with Crippen molar-refractivity contribution in [2.75, 3.05) is 0 Å². The molecule has 27 heavy (non-hydrogen) atoms. The van der Waals surface area contributed by atoms with E-state index >= 15 is 0 Å². The first kappa shape index (κ1) is 17.3. The lowest BCUT2D eigenvalue weighted by atomic mass is 9.77. The van der Waals surface area contributed by atoms with E-state index in [1.807, 2.05) is 30.7 Å². The van der Waals surface area contributed by atoms with Gasteiger partial charge in [-0.15, -0.1) is 0 Å². The van der Waals surface area contributed by atoms with Gasteiger partial charge in [-0.05, 0) is 23.6 Å². The zero-order valence-electron chi connectivity index (χ0n) is 15.2. The maximum atomic E-state index is 10.0. The summed E-state index contributed by atoms with van der Waals surface area (Å²) in [6.07, 6.45) is 3.14. The van der Waals surface area contributed by atoms with Crippen molar-refractivity contribution in [3.05, 3.63) is 126 Å². The van der Waals surface area contributed by atoms with E-state index in [0.29, 0.717) is 5.69 Å². The molecule has 4 rings (SSSR count). The minimum absolute atomic E-state index is 0.579. The van der Waals surface area contributed by atoms with Crippen LogP contribution in [0.2, 0.25) is 0 Å². The molecule has 1 atom stereocenters. The Bertz CT molecular complexity index is 896. The van der Waals surface area contributed by atoms with Crippen LogP contribution in [0.1, 0.15) is 35.4 Å². The Morgan fingerprint density at radius 2 is 1.15 bits per heavy atom. The summed E-state index contributed by atoms with van der Waals surface area (Å²) in [5, 5.41) is 10.0. The highest BCUT2D eigenvalue weighted by Gasteiger charge is 2.38. The van der Waals surface area contributed by atoms with Gasteiger partial charge < -0.3 is 9.67 Å². The van der Waals surface area contributed by atoms with Gasteiger partial charge in [-0.1, -0.05) is 91.0 Å². The molecule has 1 N–H and O–H groups in total. The van der Waals surface area contributed by atoms with Gasteiger partial charge in [-0.2, -0.15) is 0 Å². The third-order valence-electron chi connectivity index (χ3n) is 4.99. The first-order valence-electron chi connectivity index (χ1n) is 9.12. The minimum Gasteiger partial charge on any atom is -0.387 e. The lowest BCUT2D eigenvalue weighted by molar-refractivity contribution is 0.194. The smallest absolute Gasteiger partial charge is 0.121 e. The molecule has 0 aliphatic heterocycles. The summed E-state index contributed by atoms with van der Waals surface area (Å²) in [6, 6.07) is 31.3. The SMILES string of the molecule is CC(O)c1cn(C(c2ccccc2)(c2ccccc2)c2ccccc2)cn1. The molecule has 0 fully saturated rings. The average molecular weight is 354 g/mol. The normalized spacial score (nSPS) is 12.7. The monoisotopic (exact) mass is 354 g/mol. The van der Waals surface area contributed by atoms with Crippen molar-refractivity contribution < 1.29 is 5.11 Å². The topological polar surface area (TPSA) is 38.0 Å². The third-order valence-corrected chi connectivity index (χ3v) is 4.99. The van der Waals surface area contributed by atoms with E-state index in [2.05, 4.69) is 82.3 Å². The Labute approximate surface area is 159 Å². The highest BCUT2D eigenvalue weighted by molar-refractivity contribution is 5.50. The summed E-state index contributed by atoms with van der Waals surface area (Å²) in [5.74, 6) is 0. The Morgan fingerprint density at radius 3 is 1.48 bits per heavy atom. The van der Waals surface area contributed by atoms with Gasteiger partial charge in [0.15, 0.2) is 0 Å². The van der Waals surface area contributed by atoms with Crippen molar-refractivity contribution in [1.82, 2.24) is 9.55 Å². The molecule has 1 unspecified atom stereocenters. The number of nitrogens with zero attached hydrogens (tertiary/aromatic N) is 2. The molecule has 0 saturated heterocycles. The molecule has 0 aliphatic rings. The highest BCUT2D eigenvalue weighted by atomic mass is 16.3. The molecule has 0 saturated carbocycles. The molecule has 0 spiro atoms. The Hall–Kier alpha value is -3.17. The summed E-state index contributed by atoms with van der Waals surface area (Å²) in [6.45, 7) is 1.74. The molecule has 0 aliphatic carbocycles. The van der Waals surface area contributed by atoms with Gasteiger partial charge >= 0.3 is 0 Å². The molecule has 1 heterocycles. The number of hydrogen-bond donors (Lipinski definition) is 1. The van der Waals surface area contributed by atoms with Gasteiger partial charge in [0.2, 0.25) is 0 Å². The van der Waals surface area contributed by atoms with Crippen molar-refractivity contribution in [3.63, 3.8) is 0 Å². The molecular weight excluding hydrogens is 332 g/mol. The molecule has 4 aromatic rings. The first-order chi connectivity index (χ1) is 13.2. The second kappa shape index (κ2) is 7.22. The highest BCUT2D eigenvalue weighted by Crippen LogP contribution is 2.40. The number of benzene rings is 3. The lowest BCUT2D eigenvalue weighted by Crippen LogP contribution is -2.36. The number of rotatable bonds is 5. The standard InChI is InChI=1S/C24H22N2O/c1-19(27)23-17-26(18-25-23)24(20-11-5-2-6-12-20,21-13-7-3-8-14-21)22-15-9-4-10-16-22/h2-19,27H,1H3. The van der Waals surface area contributed by atoms with E-state index in [9.17, 15) is 5.11 Å². The predicted molar refractivity (Wildman–Crippen MR) is 107 cm³/mol. The summed E-state index contributed by atoms with van der Waals surface area (Å²) >= 11 is 0. The molecule has 1 aromatic heterocycles. The lowest BCUT2D eigenvalue weighted by Gasteiger charge is -2.37. The molecule has 0 amide bonds. The van der Waals surface area contributed by atoms with Crippen LogP contribution >= 0.6 is 0 Å². The molecule has 3 nitrogen and oxygen atoms in total. The summed E-state index contributed by atoms with van der Waals surface area (Å²) in [7, 11) is 0. The maximum Gasteiger partial charge on any atom is 0.121 e. The minimum atomic E-state index is -0.619. The number of aliphatic hydroxyl groups excluding tert-OH is 1. The quantitative estimate of drug-likeness (QED) is 0.524. The van der Waals surface area contributed by atoms with E-state index < -0.39 is 11.6 Å². The number of imidazole rings is 1. The largest absolute Gasteiger partial charge is 0.387 e. The zero-order valence-corrected chi connectivity index (χ0v) is 15.2. The fourth-order valence-corrected chi connectivity index (χ4v) is 3.72. The van der Waals surface area contributed by atoms with Crippen LogP contribution in [0.5, 0.6) is 0 Å². The van der Waals surface area contributed by atoms with Crippen molar-refractivity contribution in [1.29, 1.82) is 0 Å². The number of aliphatic hydroxyl groups is 1. The van der Waals surface area contributed by atoms with Crippen molar-refractivity contribution in [2.24, 2.45) is 0 Å². The van der Waals surface area contributed by atoms with Crippen LogP contribution < -0.4 is 0 Å². The van der Waals surface area contributed by atoms with Gasteiger partial charge in [0.25, 0.3) is 0 Å². The van der Waals surface area contributed by atoms with Crippen molar-refractivity contribution in [3.8, 4) is 0 Å². The van der Waals surface area contributed by atoms with E-state index in [-0.39, 0.29) is 0 Å². The van der Waals surface area contributed by atoms with Crippen LogP contribution in [0.25, 0.3) is 0 Å². The molecule has 3 heteroatoms. The fourth-order valence-electron chi connectivity index (χ4n) is 3.72. The van der Waals surface area contributed by atoms with Crippen molar-refractivity contribution in [2.45, 2.75) is 18.6 Å². The second-order valence-electron chi connectivity index (χ2n) is 6.69. The summed E-state index contributed by atoms with van der Waals surface area (Å²) in [5.41, 5.74) is 3.48. The van der Waals surface area contributed by atoms with E-state index in [1.54, 1.807) is 6.92 Å². The average Bonchev–Trinajstić information content (AvgIpc) is 3.22. The van der Waals surface area contributed by atoms with Gasteiger partial charge in [-0.25, -0.2) is 4.98 Å². The third kappa shape index (κ3) is 2.96. The molecule has 134 valence electrons. The van der Waals surface area contributed by atoms with Crippen LogP contribution in [0.15, 0.2) is 104 Å². The fraction of sp³-hybridized carbons (Fsp3) is 0.125. The van der Waals surface area contributed by atoms with E-state index in [4.69, 9.17) is 0 Å². The molecular formula is C24H22N2O. The Kier molecular flexibility index (Phi) is 4.61. The van der Waals surface area contributed by atoms with Gasteiger partial charge in [0.1, 0.15) is 5.54 Å².